The van der Waals surface area contributed by atoms with Crippen molar-refractivity contribution in [2.75, 3.05) is 21.3 Å². The van der Waals surface area contributed by atoms with Gasteiger partial charge in [-0.25, -0.2) is 4.98 Å². The number of carbonyl (C=O) groups excluding carboxylic acids is 2. The van der Waals surface area contributed by atoms with Gasteiger partial charge in [0.1, 0.15) is 11.4 Å². The molecule has 1 aliphatic rings. The van der Waals surface area contributed by atoms with Crippen molar-refractivity contribution in [3.8, 4) is 28.5 Å². The molecule has 5 rings (SSSR count). The second-order valence-electron chi connectivity index (χ2n) is 6.82. The lowest BCUT2D eigenvalue weighted by Gasteiger charge is -2.11. The molecule has 0 saturated carbocycles. The zero-order chi connectivity index (χ0) is 21.0. The van der Waals surface area contributed by atoms with Gasteiger partial charge in [0, 0.05) is 21.9 Å². The van der Waals surface area contributed by atoms with E-state index in [-0.39, 0.29) is 11.3 Å². The number of H-pyrrole nitrogens is 1. The van der Waals surface area contributed by atoms with Crippen LogP contribution in [0.25, 0.3) is 33.1 Å². The largest absolute Gasteiger partial charge is 0.497 e. The molecule has 8 nitrogen and oxygen atoms in total. The second-order valence-corrected chi connectivity index (χ2v) is 6.82. The van der Waals surface area contributed by atoms with E-state index in [0.717, 1.165) is 10.9 Å². The fraction of sp³-hybridized carbons (Fsp3) is 0.136. The quantitative estimate of drug-likeness (QED) is 0.507. The number of nitrogens with zero attached hydrogens (tertiary/aromatic N) is 1. The van der Waals surface area contributed by atoms with Crippen molar-refractivity contribution in [1.82, 2.24) is 15.3 Å². The van der Waals surface area contributed by atoms with E-state index in [1.54, 1.807) is 33.5 Å². The van der Waals surface area contributed by atoms with Gasteiger partial charge in [0.05, 0.1) is 38.1 Å². The molecule has 3 heterocycles. The smallest absolute Gasteiger partial charge is 0.277 e. The molecular weight excluding hydrogens is 386 g/mol. The number of nitrogens with one attached hydrogen (secondary N) is 2. The number of imide groups is 1. The Morgan fingerprint density at radius 2 is 1.63 bits per heavy atom. The minimum absolute atomic E-state index is 0.0982. The van der Waals surface area contributed by atoms with Crippen LogP contribution in [-0.4, -0.2) is 43.1 Å². The van der Waals surface area contributed by atoms with Gasteiger partial charge in [0.2, 0.25) is 0 Å². The Labute approximate surface area is 170 Å². The average molecular weight is 403 g/mol. The van der Waals surface area contributed by atoms with E-state index in [9.17, 15) is 9.59 Å². The number of pyridine rings is 1. The number of amides is 2. The minimum atomic E-state index is -0.518. The number of hydrogen-bond donors (Lipinski definition) is 2. The molecule has 8 heteroatoms. The van der Waals surface area contributed by atoms with E-state index in [1.807, 2.05) is 24.3 Å². The zero-order valence-corrected chi connectivity index (χ0v) is 16.5. The van der Waals surface area contributed by atoms with Gasteiger partial charge in [-0.05, 0) is 36.4 Å². The summed E-state index contributed by atoms with van der Waals surface area (Å²) in [6.07, 6.45) is 0. The number of carbonyl (C=O) groups is 2. The van der Waals surface area contributed by atoms with Crippen LogP contribution in [-0.2, 0) is 0 Å². The first-order chi connectivity index (χ1) is 14.5. The van der Waals surface area contributed by atoms with E-state index in [1.165, 1.54) is 0 Å². The Morgan fingerprint density at radius 3 is 2.37 bits per heavy atom. The third-order valence-electron chi connectivity index (χ3n) is 5.28. The van der Waals surface area contributed by atoms with Crippen molar-refractivity contribution in [2.24, 2.45) is 0 Å². The van der Waals surface area contributed by atoms with Crippen molar-refractivity contribution in [2.45, 2.75) is 0 Å². The molecular formula is C22H17N3O5. The van der Waals surface area contributed by atoms with Crippen LogP contribution in [0.5, 0.6) is 17.2 Å². The number of ether oxygens (including phenoxy) is 3. The normalized spacial score (nSPS) is 12.9. The summed E-state index contributed by atoms with van der Waals surface area (Å²) in [5.74, 6) is 0.772. The van der Waals surface area contributed by atoms with Crippen LogP contribution in [0.4, 0.5) is 0 Å². The standard InChI is InChI=1S/C22H17N3O5/c1-28-11-5-6-13-12(9-11)16-17-20(22(27)25-21(17)26)24-18(19(16)23-13)10-4-7-14(29-2)15(8-10)30-3/h4-9,23H,1-3H3,(H,25,26,27). The minimum Gasteiger partial charge on any atom is -0.497 e. The molecule has 2 amide bonds. The van der Waals surface area contributed by atoms with E-state index in [2.05, 4.69) is 15.3 Å². The Kier molecular flexibility index (Phi) is 3.89. The number of rotatable bonds is 4. The summed E-state index contributed by atoms with van der Waals surface area (Å²) < 4.78 is 16.1. The molecule has 0 radical (unpaired) electrons. The van der Waals surface area contributed by atoms with Crippen molar-refractivity contribution in [3.05, 3.63) is 47.7 Å². The summed E-state index contributed by atoms with van der Waals surface area (Å²) >= 11 is 0. The summed E-state index contributed by atoms with van der Waals surface area (Å²) in [5.41, 5.74) is 3.06. The molecule has 2 N–H and O–H groups in total. The van der Waals surface area contributed by atoms with Gasteiger partial charge in [0.15, 0.2) is 11.5 Å². The third kappa shape index (κ3) is 2.43. The number of aromatic amines is 1. The summed E-state index contributed by atoms with van der Waals surface area (Å²) in [5, 5.41) is 3.75. The van der Waals surface area contributed by atoms with Crippen LogP contribution in [0.1, 0.15) is 20.8 Å². The van der Waals surface area contributed by atoms with E-state index in [4.69, 9.17) is 14.2 Å². The second kappa shape index (κ2) is 6.48. The van der Waals surface area contributed by atoms with Crippen molar-refractivity contribution >= 4 is 33.6 Å². The zero-order valence-electron chi connectivity index (χ0n) is 16.5. The molecule has 2 aromatic heterocycles. The molecule has 0 bridgehead atoms. The van der Waals surface area contributed by atoms with Gasteiger partial charge in [0.25, 0.3) is 11.8 Å². The Bertz CT molecular complexity index is 1370. The highest BCUT2D eigenvalue weighted by Gasteiger charge is 2.34. The highest BCUT2D eigenvalue weighted by atomic mass is 16.5. The Hall–Kier alpha value is -4.07. The van der Waals surface area contributed by atoms with Crippen LogP contribution in [0, 0.1) is 0 Å². The monoisotopic (exact) mass is 403 g/mol. The van der Waals surface area contributed by atoms with Gasteiger partial charge in [-0.15, -0.1) is 0 Å². The number of benzene rings is 2. The Balaban J connectivity index is 1.90. The lowest BCUT2D eigenvalue weighted by Crippen LogP contribution is -2.20. The number of methoxy groups -OCH3 is 3. The van der Waals surface area contributed by atoms with Crippen LogP contribution in [0.2, 0.25) is 0 Å². The number of aromatic nitrogens is 2. The van der Waals surface area contributed by atoms with E-state index >= 15 is 0 Å². The van der Waals surface area contributed by atoms with Gasteiger partial charge in [-0.3, -0.25) is 14.9 Å². The van der Waals surface area contributed by atoms with Gasteiger partial charge >= 0.3 is 0 Å². The first kappa shape index (κ1) is 18.0. The van der Waals surface area contributed by atoms with Crippen molar-refractivity contribution < 1.29 is 23.8 Å². The summed E-state index contributed by atoms with van der Waals surface area (Å²) in [4.78, 5) is 32.9. The highest BCUT2D eigenvalue weighted by molar-refractivity contribution is 6.30. The molecule has 30 heavy (non-hydrogen) atoms. The molecule has 0 aliphatic carbocycles. The fourth-order valence-corrected chi connectivity index (χ4v) is 3.88. The molecule has 0 saturated heterocycles. The molecule has 1 aliphatic heterocycles. The lowest BCUT2D eigenvalue weighted by molar-refractivity contribution is 0.0878. The maximum atomic E-state index is 12.6. The summed E-state index contributed by atoms with van der Waals surface area (Å²) in [7, 11) is 4.69. The van der Waals surface area contributed by atoms with Gasteiger partial charge < -0.3 is 19.2 Å². The van der Waals surface area contributed by atoms with Crippen LogP contribution < -0.4 is 19.5 Å². The molecule has 0 spiro atoms. The van der Waals surface area contributed by atoms with Gasteiger partial charge in [-0.1, -0.05) is 0 Å². The molecule has 0 atom stereocenters. The molecule has 2 aromatic carbocycles. The van der Waals surface area contributed by atoms with Crippen LogP contribution >= 0.6 is 0 Å². The first-order valence-electron chi connectivity index (χ1n) is 9.17. The fourth-order valence-electron chi connectivity index (χ4n) is 3.88. The lowest BCUT2D eigenvalue weighted by atomic mass is 10.0. The number of fused-ring (bicyclic) bond motifs is 5. The van der Waals surface area contributed by atoms with E-state index in [0.29, 0.717) is 39.4 Å². The van der Waals surface area contributed by atoms with Crippen molar-refractivity contribution in [1.29, 1.82) is 0 Å². The molecule has 4 aromatic rings. The molecule has 0 fully saturated rings. The van der Waals surface area contributed by atoms with Crippen LogP contribution in [0.15, 0.2) is 36.4 Å². The summed E-state index contributed by atoms with van der Waals surface area (Å²) in [6.45, 7) is 0. The topological polar surface area (TPSA) is 103 Å². The van der Waals surface area contributed by atoms with Crippen molar-refractivity contribution in [3.63, 3.8) is 0 Å². The van der Waals surface area contributed by atoms with Crippen LogP contribution in [0.3, 0.4) is 0 Å². The average Bonchev–Trinajstić information content (AvgIpc) is 3.28. The predicted octanol–water partition coefficient (Wildman–Crippen LogP) is 3.29. The SMILES string of the molecule is COc1ccc2[nH]c3c(-c4ccc(OC)c(OC)c4)nc4c(c3c2c1)C(=O)NC4=O. The third-order valence-corrected chi connectivity index (χ3v) is 5.28. The van der Waals surface area contributed by atoms with E-state index < -0.39 is 11.8 Å². The molecule has 0 unspecified atom stereocenters. The first-order valence-corrected chi connectivity index (χ1v) is 9.17. The predicted molar refractivity (Wildman–Crippen MR) is 110 cm³/mol. The Morgan fingerprint density at radius 1 is 0.833 bits per heavy atom. The van der Waals surface area contributed by atoms with Gasteiger partial charge in [-0.2, -0.15) is 0 Å². The maximum absolute atomic E-state index is 12.6. The molecule has 150 valence electrons. The number of hydrogen-bond acceptors (Lipinski definition) is 6. The maximum Gasteiger partial charge on any atom is 0.277 e. The summed E-state index contributed by atoms with van der Waals surface area (Å²) in [6, 6.07) is 10.9. The highest BCUT2D eigenvalue weighted by Crippen LogP contribution is 2.40.